The minimum Gasteiger partial charge on any atom is -0.508 e. The minimum absolute atomic E-state index is 0.163. The highest BCUT2D eigenvalue weighted by Crippen LogP contribution is 2.35. The zero-order chi connectivity index (χ0) is 11.7. The fourth-order valence-electron chi connectivity index (χ4n) is 2.68. The second-order valence-electron chi connectivity index (χ2n) is 4.39. The molecule has 0 saturated heterocycles. The Morgan fingerprint density at radius 3 is 2.50 bits per heavy atom. The Hall–Kier alpha value is -1.22. The molecule has 1 aliphatic carbocycles. The lowest BCUT2D eigenvalue weighted by Gasteiger charge is -2.25. The van der Waals surface area contributed by atoms with Gasteiger partial charge in [0.05, 0.1) is 0 Å². The van der Waals surface area contributed by atoms with Crippen LogP contribution in [0.15, 0.2) is 12.1 Å². The van der Waals surface area contributed by atoms with E-state index in [2.05, 4.69) is 18.7 Å². The van der Waals surface area contributed by atoms with Crippen LogP contribution in [0.5, 0.6) is 11.5 Å². The molecule has 0 radical (unpaired) electrons. The summed E-state index contributed by atoms with van der Waals surface area (Å²) in [6.45, 7) is 6.37. The van der Waals surface area contributed by atoms with Gasteiger partial charge in [0.2, 0.25) is 0 Å². The van der Waals surface area contributed by atoms with Crippen molar-refractivity contribution in [3.05, 3.63) is 23.3 Å². The van der Waals surface area contributed by atoms with Crippen LogP contribution in [0.2, 0.25) is 0 Å². The van der Waals surface area contributed by atoms with Gasteiger partial charge in [-0.05, 0) is 43.1 Å². The van der Waals surface area contributed by atoms with E-state index in [1.54, 1.807) is 6.07 Å². The van der Waals surface area contributed by atoms with Gasteiger partial charge in [0.25, 0.3) is 0 Å². The van der Waals surface area contributed by atoms with Gasteiger partial charge in [-0.3, -0.25) is 0 Å². The van der Waals surface area contributed by atoms with E-state index in [4.69, 9.17) is 0 Å². The maximum atomic E-state index is 9.78. The van der Waals surface area contributed by atoms with E-state index in [-0.39, 0.29) is 11.5 Å². The smallest absolute Gasteiger partial charge is 0.122 e. The van der Waals surface area contributed by atoms with Crippen LogP contribution < -0.4 is 0 Å². The molecule has 0 fully saturated rings. The van der Waals surface area contributed by atoms with Crippen LogP contribution in [0.4, 0.5) is 0 Å². The van der Waals surface area contributed by atoms with E-state index in [9.17, 15) is 10.2 Å². The van der Waals surface area contributed by atoms with Crippen molar-refractivity contribution in [2.45, 2.75) is 32.7 Å². The van der Waals surface area contributed by atoms with Crippen LogP contribution in [0.1, 0.15) is 25.0 Å². The SMILES string of the molecule is CCN(CC)C1Cc2cc(O)cc(O)c2C1. The number of rotatable bonds is 3. The van der Waals surface area contributed by atoms with Gasteiger partial charge in [0, 0.05) is 12.1 Å². The van der Waals surface area contributed by atoms with E-state index >= 15 is 0 Å². The van der Waals surface area contributed by atoms with Gasteiger partial charge in [0.15, 0.2) is 0 Å². The first-order chi connectivity index (χ1) is 7.65. The quantitative estimate of drug-likeness (QED) is 0.819. The Morgan fingerprint density at radius 1 is 1.19 bits per heavy atom. The van der Waals surface area contributed by atoms with Crippen molar-refractivity contribution < 1.29 is 10.2 Å². The molecule has 0 heterocycles. The van der Waals surface area contributed by atoms with Gasteiger partial charge < -0.3 is 15.1 Å². The molecular weight excluding hydrogens is 202 g/mol. The number of hydrogen-bond acceptors (Lipinski definition) is 3. The third kappa shape index (κ3) is 1.87. The molecule has 1 aliphatic rings. The molecule has 1 aromatic rings. The third-order valence-corrected chi connectivity index (χ3v) is 3.53. The number of phenols is 2. The highest BCUT2D eigenvalue weighted by Gasteiger charge is 2.27. The zero-order valence-electron chi connectivity index (χ0n) is 9.90. The molecule has 2 N–H and O–H groups in total. The first-order valence-electron chi connectivity index (χ1n) is 5.93. The molecule has 0 spiro atoms. The zero-order valence-corrected chi connectivity index (χ0v) is 9.90. The van der Waals surface area contributed by atoms with Crippen molar-refractivity contribution in [1.82, 2.24) is 4.90 Å². The van der Waals surface area contributed by atoms with Gasteiger partial charge in [-0.2, -0.15) is 0 Å². The molecule has 0 saturated carbocycles. The summed E-state index contributed by atoms with van der Waals surface area (Å²) in [5, 5.41) is 19.2. The van der Waals surface area contributed by atoms with Crippen molar-refractivity contribution >= 4 is 0 Å². The van der Waals surface area contributed by atoms with Crippen LogP contribution in [0.3, 0.4) is 0 Å². The summed E-state index contributed by atoms with van der Waals surface area (Å²) in [6, 6.07) is 3.68. The summed E-state index contributed by atoms with van der Waals surface area (Å²) in [5.74, 6) is 0.404. The van der Waals surface area contributed by atoms with Crippen molar-refractivity contribution in [3.63, 3.8) is 0 Å². The lowest BCUT2D eigenvalue weighted by molar-refractivity contribution is 0.223. The molecule has 0 amide bonds. The van der Waals surface area contributed by atoms with Gasteiger partial charge in [-0.15, -0.1) is 0 Å². The van der Waals surface area contributed by atoms with Crippen LogP contribution in [0.25, 0.3) is 0 Å². The molecule has 1 atom stereocenters. The molecule has 88 valence electrons. The second kappa shape index (κ2) is 4.34. The van der Waals surface area contributed by atoms with Crippen molar-refractivity contribution in [2.75, 3.05) is 13.1 Å². The van der Waals surface area contributed by atoms with Gasteiger partial charge in [0.1, 0.15) is 11.5 Å². The standard InChI is InChI=1S/C13H19NO2/c1-3-14(4-2)10-5-9-6-11(15)8-13(16)12(9)7-10/h6,8,10,15-16H,3-5,7H2,1-2H3. The maximum absolute atomic E-state index is 9.78. The van der Waals surface area contributed by atoms with Crippen molar-refractivity contribution in [1.29, 1.82) is 0 Å². The Bertz CT molecular complexity index is 386. The molecule has 2 rings (SSSR count). The van der Waals surface area contributed by atoms with Crippen molar-refractivity contribution in [3.8, 4) is 11.5 Å². The van der Waals surface area contributed by atoms with E-state index in [0.29, 0.717) is 6.04 Å². The molecule has 16 heavy (non-hydrogen) atoms. The topological polar surface area (TPSA) is 43.7 Å². The van der Waals surface area contributed by atoms with E-state index in [1.807, 2.05) is 0 Å². The van der Waals surface area contributed by atoms with Gasteiger partial charge in [-0.1, -0.05) is 13.8 Å². The average molecular weight is 221 g/mol. The normalized spacial score (nSPS) is 19.1. The number of hydrogen-bond donors (Lipinski definition) is 2. The van der Waals surface area contributed by atoms with Crippen LogP contribution in [0, 0.1) is 0 Å². The number of nitrogens with zero attached hydrogens (tertiary/aromatic N) is 1. The molecule has 1 unspecified atom stereocenters. The lowest BCUT2D eigenvalue weighted by atomic mass is 10.1. The molecule has 3 nitrogen and oxygen atoms in total. The summed E-state index contributed by atoms with van der Waals surface area (Å²) in [5.41, 5.74) is 2.10. The number of aromatic hydroxyl groups is 2. The monoisotopic (exact) mass is 221 g/mol. The summed E-state index contributed by atoms with van der Waals surface area (Å²) in [6.07, 6.45) is 1.82. The van der Waals surface area contributed by atoms with Gasteiger partial charge in [-0.25, -0.2) is 0 Å². The highest BCUT2D eigenvalue weighted by atomic mass is 16.3. The van der Waals surface area contributed by atoms with Crippen LogP contribution in [-0.2, 0) is 12.8 Å². The first-order valence-corrected chi connectivity index (χ1v) is 5.93. The summed E-state index contributed by atoms with van der Waals surface area (Å²) >= 11 is 0. The summed E-state index contributed by atoms with van der Waals surface area (Å²) in [4.78, 5) is 2.40. The van der Waals surface area contributed by atoms with Crippen LogP contribution >= 0.6 is 0 Å². The Balaban J connectivity index is 2.23. The van der Waals surface area contributed by atoms with Gasteiger partial charge >= 0.3 is 0 Å². The first kappa shape index (κ1) is 11.3. The fourth-order valence-corrected chi connectivity index (χ4v) is 2.68. The number of fused-ring (bicyclic) bond motifs is 1. The Kier molecular flexibility index (Phi) is 3.06. The Morgan fingerprint density at radius 2 is 1.88 bits per heavy atom. The second-order valence-corrected chi connectivity index (χ2v) is 4.39. The predicted molar refractivity (Wildman–Crippen MR) is 63.9 cm³/mol. The number of benzene rings is 1. The van der Waals surface area contributed by atoms with E-state index in [1.165, 1.54) is 6.07 Å². The van der Waals surface area contributed by atoms with E-state index in [0.717, 1.165) is 37.1 Å². The molecule has 0 aromatic heterocycles. The highest BCUT2D eigenvalue weighted by molar-refractivity contribution is 5.48. The van der Waals surface area contributed by atoms with Crippen LogP contribution in [-0.4, -0.2) is 34.2 Å². The largest absolute Gasteiger partial charge is 0.508 e. The summed E-state index contributed by atoms with van der Waals surface area (Å²) in [7, 11) is 0. The molecular formula is C13H19NO2. The molecule has 0 bridgehead atoms. The third-order valence-electron chi connectivity index (χ3n) is 3.53. The molecule has 0 aliphatic heterocycles. The predicted octanol–water partition coefficient (Wildman–Crippen LogP) is 1.91. The molecule has 1 aromatic carbocycles. The number of phenolic OH excluding ortho intramolecular Hbond substituents is 2. The Labute approximate surface area is 96.3 Å². The summed E-state index contributed by atoms with van der Waals surface area (Å²) < 4.78 is 0. The minimum atomic E-state index is 0.163. The lowest BCUT2D eigenvalue weighted by Crippen LogP contribution is -2.35. The molecule has 3 heteroatoms. The maximum Gasteiger partial charge on any atom is 0.122 e. The number of likely N-dealkylation sites (N-methyl/N-ethyl adjacent to an activating group) is 1. The fraction of sp³-hybridized carbons (Fsp3) is 0.538. The average Bonchev–Trinajstić information content (AvgIpc) is 2.63. The van der Waals surface area contributed by atoms with E-state index < -0.39 is 0 Å². The van der Waals surface area contributed by atoms with Crippen molar-refractivity contribution in [2.24, 2.45) is 0 Å².